The average Bonchev–Trinajstić information content (AvgIpc) is 2.12. The van der Waals surface area contributed by atoms with Crippen LogP contribution in [-0.4, -0.2) is 17.0 Å². The molecule has 64 valence electrons. The highest BCUT2D eigenvalue weighted by molar-refractivity contribution is 5.97. The molecule has 0 fully saturated rings. The number of carbonyl (C=O) groups is 1. The van der Waals surface area contributed by atoms with Gasteiger partial charge in [0.05, 0.1) is 0 Å². The lowest BCUT2D eigenvalue weighted by atomic mass is 9.84. The van der Waals surface area contributed by atoms with E-state index in [0.717, 1.165) is 24.8 Å². The number of rotatable bonds is 0. The van der Waals surface area contributed by atoms with Gasteiger partial charge in [-0.3, -0.25) is 4.79 Å². The van der Waals surface area contributed by atoms with Gasteiger partial charge in [0.2, 0.25) is 0 Å². The third kappa shape index (κ3) is 1.12. The number of hydrogen-bond donors (Lipinski definition) is 1. The zero-order valence-electron chi connectivity index (χ0n) is 6.92. The van der Waals surface area contributed by atoms with Gasteiger partial charge in [-0.05, 0) is 42.9 Å². The number of hydrogen-bond acceptors (Lipinski definition) is 2. The molecule has 0 aromatic carbocycles. The van der Waals surface area contributed by atoms with E-state index in [-0.39, 0.29) is 5.78 Å². The van der Waals surface area contributed by atoms with Gasteiger partial charge >= 0.3 is 0 Å². The minimum absolute atomic E-state index is 0.157. The first-order chi connectivity index (χ1) is 5.79. The van der Waals surface area contributed by atoms with Gasteiger partial charge in [0, 0.05) is 0 Å². The predicted octanol–water partition coefficient (Wildman–Crippen LogP) is 1.36. The van der Waals surface area contributed by atoms with Crippen molar-refractivity contribution in [1.82, 2.24) is 0 Å². The van der Waals surface area contributed by atoms with Gasteiger partial charge in [-0.15, -0.1) is 0 Å². The van der Waals surface area contributed by atoms with Gasteiger partial charge in [0.1, 0.15) is 6.10 Å². The quantitative estimate of drug-likeness (QED) is 0.587. The van der Waals surface area contributed by atoms with Crippen molar-refractivity contribution in [2.24, 2.45) is 0 Å². The van der Waals surface area contributed by atoms with Crippen LogP contribution in [0, 0.1) is 0 Å². The first-order valence-electron chi connectivity index (χ1n) is 4.41. The van der Waals surface area contributed by atoms with Crippen molar-refractivity contribution in [2.45, 2.75) is 31.8 Å². The molecule has 0 aliphatic heterocycles. The van der Waals surface area contributed by atoms with Crippen molar-refractivity contribution in [3.8, 4) is 0 Å². The standard InChI is InChI=1S/C10H12O2/c11-9-6-5-7-3-1-2-4-8(7)10(9)12/h5-6,10,12H,1-4H2. The van der Waals surface area contributed by atoms with Crippen LogP contribution in [0.5, 0.6) is 0 Å². The van der Waals surface area contributed by atoms with Gasteiger partial charge in [-0.25, -0.2) is 0 Å². The van der Waals surface area contributed by atoms with Gasteiger partial charge < -0.3 is 5.11 Å². The lowest BCUT2D eigenvalue weighted by molar-refractivity contribution is -0.120. The highest BCUT2D eigenvalue weighted by Gasteiger charge is 2.25. The van der Waals surface area contributed by atoms with Gasteiger partial charge in [0.15, 0.2) is 5.78 Å². The zero-order valence-corrected chi connectivity index (χ0v) is 6.92. The van der Waals surface area contributed by atoms with E-state index in [1.807, 2.05) is 6.08 Å². The molecule has 2 aliphatic rings. The molecule has 12 heavy (non-hydrogen) atoms. The Bertz CT molecular complexity index is 274. The largest absolute Gasteiger partial charge is 0.381 e. The van der Waals surface area contributed by atoms with E-state index >= 15 is 0 Å². The lowest BCUT2D eigenvalue weighted by Crippen LogP contribution is -2.26. The minimum atomic E-state index is -0.828. The van der Waals surface area contributed by atoms with E-state index in [9.17, 15) is 9.90 Å². The Morgan fingerprint density at radius 1 is 1.25 bits per heavy atom. The average molecular weight is 164 g/mol. The summed E-state index contributed by atoms with van der Waals surface area (Å²) in [5.74, 6) is -0.157. The predicted molar refractivity (Wildman–Crippen MR) is 45.6 cm³/mol. The third-order valence-electron chi connectivity index (χ3n) is 2.60. The maximum Gasteiger partial charge on any atom is 0.188 e. The van der Waals surface area contributed by atoms with Crippen molar-refractivity contribution in [2.75, 3.05) is 0 Å². The van der Waals surface area contributed by atoms with E-state index in [1.54, 1.807) is 0 Å². The summed E-state index contributed by atoms with van der Waals surface area (Å²) >= 11 is 0. The number of carbonyl (C=O) groups excluding carboxylic acids is 1. The third-order valence-corrected chi connectivity index (χ3v) is 2.60. The first-order valence-corrected chi connectivity index (χ1v) is 4.41. The fourth-order valence-electron chi connectivity index (χ4n) is 1.90. The molecule has 2 heteroatoms. The van der Waals surface area contributed by atoms with Crippen molar-refractivity contribution >= 4 is 5.78 Å². The lowest BCUT2D eigenvalue weighted by Gasteiger charge is -2.24. The summed E-state index contributed by atoms with van der Waals surface area (Å²) in [6, 6.07) is 0. The van der Waals surface area contributed by atoms with Crippen LogP contribution in [-0.2, 0) is 4.79 Å². The van der Waals surface area contributed by atoms with Gasteiger partial charge in [0.25, 0.3) is 0 Å². The van der Waals surface area contributed by atoms with Gasteiger partial charge in [-0.2, -0.15) is 0 Å². The summed E-state index contributed by atoms with van der Waals surface area (Å²) in [7, 11) is 0. The van der Waals surface area contributed by atoms with Crippen LogP contribution in [0.25, 0.3) is 0 Å². The summed E-state index contributed by atoms with van der Waals surface area (Å²) in [6.07, 6.45) is 6.74. The fraction of sp³-hybridized carbons (Fsp3) is 0.500. The second-order valence-corrected chi connectivity index (χ2v) is 3.40. The molecule has 0 bridgehead atoms. The van der Waals surface area contributed by atoms with Crippen LogP contribution < -0.4 is 0 Å². The SMILES string of the molecule is O=C1C=CC2=C(CCCC2)C1O. The Morgan fingerprint density at radius 2 is 2.00 bits per heavy atom. The minimum Gasteiger partial charge on any atom is -0.381 e. The zero-order chi connectivity index (χ0) is 8.55. The maximum atomic E-state index is 11.1. The summed E-state index contributed by atoms with van der Waals surface area (Å²) in [6.45, 7) is 0. The number of aliphatic hydroxyl groups excluding tert-OH is 1. The molecule has 2 nitrogen and oxygen atoms in total. The Hall–Kier alpha value is -0.890. The second-order valence-electron chi connectivity index (χ2n) is 3.40. The van der Waals surface area contributed by atoms with E-state index in [2.05, 4.69) is 0 Å². The molecule has 0 saturated carbocycles. The van der Waals surface area contributed by atoms with Crippen LogP contribution in [0.3, 0.4) is 0 Å². The van der Waals surface area contributed by atoms with E-state index < -0.39 is 6.10 Å². The molecule has 0 heterocycles. The highest BCUT2D eigenvalue weighted by atomic mass is 16.3. The first kappa shape index (κ1) is 7.74. The summed E-state index contributed by atoms with van der Waals surface area (Å²) in [4.78, 5) is 11.1. The smallest absolute Gasteiger partial charge is 0.188 e. The molecule has 2 aliphatic carbocycles. The summed E-state index contributed by atoms with van der Waals surface area (Å²) in [5.41, 5.74) is 2.15. The Morgan fingerprint density at radius 3 is 2.83 bits per heavy atom. The van der Waals surface area contributed by atoms with Crippen LogP contribution in [0.1, 0.15) is 25.7 Å². The van der Waals surface area contributed by atoms with E-state index in [4.69, 9.17) is 0 Å². The number of ketones is 1. The van der Waals surface area contributed by atoms with Crippen LogP contribution >= 0.6 is 0 Å². The van der Waals surface area contributed by atoms with Crippen molar-refractivity contribution in [3.63, 3.8) is 0 Å². The monoisotopic (exact) mass is 164 g/mol. The molecular formula is C10H12O2. The molecule has 1 atom stereocenters. The molecule has 0 aromatic rings. The Labute approximate surface area is 71.6 Å². The fourth-order valence-corrected chi connectivity index (χ4v) is 1.90. The molecule has 0 aromatic heterocycles. The molecule has 0 amide bonds. The molecular weight excluding hydrogens is 152 g/mol. The van der Waals surface area contributed by atoms with E-state index in [0.29, 0.717) is 0 Å². The van der Waals surface area contributed by atoms with Crippen molar-refractivity contribution < 1.29 is 9.90 Å². The summed E-state index contributed by atoms with van der Waals surface area (Å²) in [5, 5.41) is 9.51. The normalized spacial score (nSPS) is 29.1. The van der Waals surface area contributed by atoms with Crippen molar-refractivity contribution in [3.05, 3.63) is 23.3 Å². The Balaban J connectivity index is 2.34. The van der Waals surface area contributed by atoms with Crippen molar-refractivity contribution in [1.29, 1.82) is 0 Å². The maximum absolute atomic E-state index is 11.1. The van der Waals surface area contributed by atoms with Crippen LogP contribution in [0.15, 0.2) is 23.3 Å². The Kier molecular flexibility index (Phi) is 1.85. The number of aliphatic hydroxyl groups is 1. The molecule has 0 radical (unpaired) electrons. The number of allylic oxidation sites excluding steroid dienone is 2. The highest BCUT2D eigenvalue weighted by Crippen LogP contribution is 2.30. The van der Waals surface area contributed by atoms with Crippen LogP contribution in [0.2, 0.25) is 0 Å². The molecule has 2 rings (SSSR count). The molecule has 1 N–H and O–H groups in total. The second kappa shape index (κ2) is 2.87. The topological polar surface area (TPSA) is 37.3 Å². The molecule has 1 unspecified atom stereocenters. The van der Waals surface area contributed by atoms with Crippen LogP contribution in [0.4, 0.5) is 0 Å². The molecule has 0 spiro atoms. The van der Waals surface area contributed by atoms with E-state index in [1.165, 1.54) is 18.1 Å². The summed E-state index contributed by atoms with van der Waals surface area (Å²) < 4.78 is 0. The molecule has 0 saturated heterocycles. The van der Waals surface area contributed by atoms with Gasteiger partial charge in [-0.1, -0.05) is 6.08 Å².